The number of carbonyl (C=O) groups excluding carboxylic acids is 2. The molecule has 24 heavy (non-hydrogen) atoms. The van der Waals surface area contributed by atoms with Gasteiger partial charge in [0.25, 0.3) is 11.8 Å². The highest BCUT2D eigenvalue weighted by atomic mass is 35.5. The maximum atomic E-state index is 11.9. The highest BCUT2D eigenvalue weighted by Gasteiger charge is 2.28. The van der Waals surface area contributed by atoms with E-state index in [9.17, 15) is 14.7 Å². The Morgan fingerprint density at radius 2 is 2.12 bits per heavy atom. The lowest BCUT2D eigenvalue weighted by atomic mass is 10.0. The second-order valence-corrected chi connectivity index (χ2v) is 5.50. The summed E-state index contributed by atoms with van der Waals surface area (Å²) in [6.07, 6.45) is 3.11. The van der Waals surface area contributed by atoms with E-state index >= 15 is 0 Å². The van der Waals surface area contributed by atoms with Crippen LogP contribution in [0.15, 0.2) is 47.4 Å². The van der Waals surface area contributed by atoms with Gasteiger partial charge >= 0.3 is 0 Å². The number of nitrogens with two attached hydrogens (primary N) is 1. The highest BCUT2D eigenvalue weighted by Crippen LogP contribution is 2.22. The maximum absolute atomic E-state index is 11.9. The average Bonchev–Trinajstić information content (AvgIpc) is 2.53. The van der Waals surface area contributed by atoms with Crippen molar-refractivity contribution in [2.45, 2.75) is 6.42 Å². The zero-order valence-electron chi connectivity index (χ0n) is 12.6. The van der Waals surface area contributed by atoms with E-state index in [0.29, 0.717) is 18.0 Å². The van der Waals surface area contributed by atoms with Crippen molar-refractivity contribution in [3.05, 3.63) is 58.0 Å². The lowest BCUT2D eigenvalue weighted by Gasteiger charge is -2.30. The van der Waals surface area contributed by atoms with Gasteiger partial charge in [0.15, 0.2) is 6.19 Å². The van der Waals surface area contributed by atoms with E-state index in [1.54, 1.807) is 12.1 Å². The summed E-state index contributed by atoms with van der Waals surface area (Å²) < 4.78 is 0. The number of halogens is 1. The van der Waals surface area contributed by atoms with Crippen molar-refractivity contribution in [2.24, 2.45) is 5.73 Å². The van der Waals surface area contributed by atoms with E-state index in [-0.39, 0.29) is 23.6 Å². The molecule has 0 atom stereocenters. The number of benzene rings is 1. The first-order valence-corrected chi connectivity index (χ1v) is 7.43. The van der Waals surface area contributed by atoms with Crippen LogP contribution in [0.4, 0.5) is 0 Å². The molecule has 1 aliphatic rings. The second-order valence-electron chi connectivity index (χ2n) is 5.09. The Morgan fingerprint density at radius 1 is 1.42 bits per heavy atom. The van der Waals surface area contributed by atoms with Gasteiger partial charge in [-0.25, -0.2) is 0 Å². The number of primary amides is 1. The number of aliphatic hydroxyl groups excluding tert-OH is 1. The summed E-state index contributed by atoms with van der Waals surface area (Å²) in [6, 6.07) is 7.24. The van der Waals surface area contributed by atoms with Crippen LogP contribution in [0.2, 0.25) is 5.02 Å². The molecule has 0 aliphatic carbocycles. The Balaban J connectivity index is 2.30. The van der Waals surface area contributed by atoms with E-state index in [1.807, 2.05) is 17.4 Å². The second kappa shape index (κ2) is 7.53. The molecule has 7 nitrogen and oxygen atoms in total. The van der Waals surface area contributed by atoms with Crippen LogP contribution in [0.5, 0.6) is 0 Å². The minimum Gasteiger partial charge on any atom is -0.510 e. The molecule has 0 unspecified atom stereocenters. The predicted molar refractivity (Wildman–Crippen MR) is 87.4 cm³/mol. The molecule has 8 heteroatoms. The van der Waals surface area contributed by atoms with Crippen molar-refractivity contribution in [3.63, 3.8) is 0 Å². The lowest BCUT2D eigenvalue weighted by Crippen LogP contribution is -2.40. The molecular formula is C16H15ClN4O3. The Morgan fingerprint density at radius 3 is 2.75 bits per heavy atom. The quantitative estimate of drug-likeness (QED) is 0.542. The highest BCUT2D eigenvalue weighted by molar-refractivity contribution is 6.31. The maximum Gasteiger partial charge on any atom is 0.266 e. The average molecular weight is 347 g/mol. The molecule has 0 radical (unpaired) electrons. The molecule has 2 amide bonds. The van der Waals surface area contributed by atoms with Crippen LogP contribution in [0.3, 0.4) is 0 Å². The predicted octanol–water partition coefficient (Wildman–Crippen LogP) is 0.977. The van der Waals surface area contributed by atoms with E-state index in [1.165, 1.54) is 11.1 Å². The number of hydrogen-bond donors (Lipinski definition) is 3. The van der Waals surface area contributed by atoms with E-state index < -0.39 is 11.8 Å². The van der Waals surface area contributed by atoms with Gasteiger partial charge in [-0.2, -0.15) is 5.26 Å². The summed E-state index contributed by atoms with van der Waals surface area (Å²) in [5.41, 5.74) is 6.05. The summed E-state index contributed by atoms with van der Waals surface area (Å²) in [7, 11) is 0. The SMILES string of the molecule is N#CNC(=O)C1=C(C(N)=O)N(CCc2ccccc2Cl)CC(O)=C1. The molecule has 0 saturated carbocycles. The summed E-state index contributed by atoms with van der Waals surface area (Å²) in [6.45, 7) is 0.343. The molecule has 0 aromatic heterocycles. The number of aliphatic hydroxyl groups is 1. The monoisotopic (exact) mass is 346 g/mol. The van der Waals surface area contributed by atoms with Crippen LogP contribution in [-0.4, -0.2) is 34.9 Å². The van der Waals surface area contributed by atoms with Gasteiger partial charge in [0.05, 0.1) is 12.1 Å². The van der Waals surface area contributed by atoms with Crippen molar-refractivity contribution in [1.29, 1.82) is 5.26 Å². The van der Waals surface area contributed by atoms with Crippen LogP contribution in [0.1, 0.15) is 5.56 Å². The van der Waals surface area contributed by atoms with Crippen molar-refractivity contribution >= 4 is 23.4 Å². The van der Waals surface area contributed by atoms with Gasteiger partial charge in [-0.1, -0.05) is 29.8 Å². The Labute approximate surface area is 143 Å². The number of nitrogens with zero attached hydrogens (tertiary/aromatic N) is 2. The van der Waals surface area contributed by atoms with Crippen LogP contribution < -0.4 is 11.1 Å². The van der Waals surface area contributed by atoms with Gasteiger partial charge in [-0.3, -0.25) is 14.9 Å². The van der Waals surface area contributed by atoms with Gasteiger partial charge in [0.2, 0.25) is 0 Å². The summed E-state index contributed by atoms with van der Waals surface area (Å²) in [4.78, 5) is 25.2. The molecule has 1 aromatic carbocycles. The summed E-state index contributed by atoms with van der Waals surface area (Å²) in [5, 5.41) is 20.9. The van der Waals surface area contributed by atoms with E-state index in [0.717, 1.165) is 11.6 Å². The lowest BCUT2D eigenvalue weighted by molar-refractivity contribution is -0.119. The number of carbonyl (C=O) groups is 2. The summed E-state index contributed by atoms with van der Waals surface area (Å²) in [5.74, 6) is -1.73. The fraction of sp³-hybridized carbons (Fsp3) is 0.188. The molecule has 124 valence electrons. The van der Waals surface area contributed by atoms with Crippen molar-refractivity contribution in [3.8, 4) is 6.19 Å². The largest absolute Gasteiger partial charge is 0.510 e. The van der Waals surface area contributed by atoms with Gasteiger partial charge in [0, 0.05) is 11.6 Å². The van der Waals surface area contributed by atoms with Crippen LogP contribution in [-0.2, 0) is 16.0 Å². The van der Waals surface area contributed by atoms with Crippen LogP contribution >= 0.6 is 11.6 Å². The number of hydrogen-bond acceptors (Lipinski definition) is 5. The first-order chi connectivity index (χ1) is 11.4. The van der Waals surface area contributed by atoms with Gasteiger partial charge in [-0.15, -0.1) is 0 Å². The third-order valence-corrected chi connectivity index (χ3v) is 3.86. The first kappa shape index (κ1) is 17.4. The number of nitriles is 1. The standard InChI is InChI=1S/C16H15ClN4O3/c17-13-4-2-1-3-10(13)5-6-21-8-11(22)7-12(14(21)15(19)23)16(24)20-9-18/h1-4,7,22H,5-6,8H2,(H2,19,23)(H,20,24). The third kappa shape index (κ3) is 3.86. The summed E-state index contributed by atoms with van der Waals surface area (Å²) >= 11 is 6.11. The molecule has 1 aliphatic heterocycles. The Kier molecular flexibility index (Phi) is 5.45. The molecule has 0 fully saturated rings. The molecule has 4 N–H and O–H groups in total. The van der Waals surface area contributed by atoms with Crippen LogP contribution in [0.25, 0.3) is 0 Å². The molecule has 2 rings (SSSR count). The van der Waals surface area contributed by atoms with Crippen molar-refractivity contribution in [1.82, 2.24) is 10.2 Å². The normalized spacial score (nSPS) is 14.0. The van der Waals surface area contributed by atoms with Gasteiger partial charge < -0.3 is 15.7 Å². The number of amides is 2. The minimum atomic E-state index is -0.819. The molecular weight excluding hydrogens is 332 g/mol. The molecule has 0 spiro atoms. The van der Waals surface area contributed by atoms with Crippen LogP contribution in [0, 0.1) is 11.5 Å². The van der Waals surface area contributed by atoms with Crippen molar-refractivity contribution < 1.29 is 14.7 Å². The first-order valence-electron chi connectivity index (χ1n) is 7.05. The van der Waals surface area contributed by atoms with Gasteiger partial charge in [-0.05, 0) is 24.1 Å². The zero-order valence-corrected chi connectivity index (χ0v) is 13.4. The Hall–Kier alpha value is -2.98. The molecule has 0 saturated heterocycles. The van der Waals surface area contributed by atoms with Gasteiger partial charge in [0.1, 0.15) is 11.5 Å². The van der Waals surface area contributed by atoms with Crippen molar-refractivity contribution in [2.75, 3.05) is 13.1 Å². The Bertz CT molecular complexity index is 780. The third-order valence-electron chi connectivity index (χ3n) is 3.49. The minimum absolute atomic E-state index is 0.0338. The molecule has 1 aromatic rings. The molecule has 1 heterocycles. The number of rotatable bonds is 5. The number of nitrogens with one attached hydrogen (secondary N) is 1. The smallest absolute Gasteiger partial charge is 0.266 e. The fourth-order valence-corrected chi connectivity index (χ4v) is 2.68. The van der Waals surface area contributed by atoms with E-state index in [2.05, 4.69) is 0 Å². The zero-order chi connectivity index (χ0) is 17.7. The fourth-order valence-electron chi connectivity index (χ4n) is 2.45. The molecule has 0 bridgehead atoms. The topological polar surface area (TPSA) is 119 Å². The van der Waals surface area contributed by atoms with E-state index in [4.69, 9.17) is 22.6 Å².